The molecule has 5 aliphatic rings. The first-order chi connectivity index (χ1) is 16.5. The normalized spacial score (nSPS) is 54.9. The van der Waals surface area contributed by atoms with Gasteiger partial charge in [-0.25, -0.2) is 4.79 Å². The number of hydrogen-bond acceptors (Lipinski definition) is 7. The molecule has 0 amide bonds. The molecule has 1 saturated heterocycles. The molecule has 200 valence electrons. The molecule has 5 rings (SSSR count). The van der Waals surface area contributed by atoms with Crippen LogP contribution in [-0.2, 0) is 14.3 Å². The summed E-state index contributed by atoms with van der Waals surface area (Å²) in [7, 11) is 0. The predicted molar refractivity (Wildman–Crippen MR) is 126 cm³/mol. The van der Waals surface area contributed by atoms with Gasteiger partial charge in [-0.15, -0.1) is 0 Å². The molecule has 5 fully saturated rings. The molecule has 35 heavy (non-hydrogen) atoms. The van der Waals surface area contributed by atoms with Crippen LogP contribution in [-0.4, -0.2) is 74.4 Å². The van der Waals surface area contributed by atoms with Gasteiger partial charge in [0.1, 0.15) is 18.3 Å². The van der Waals surface area contributed by atoms with Crippen molar-refractivity contribution < 1.29 is 39.8 Å². The number of ether oxygens (including phenoxy) is 2. The van der Waals surface area contributed by atoms with Crippen molar-refractivity contribution in [2.24, 2.45) is 40.4 Å². The Morgan fingerprint density at radius 3 is 2.29 bits per heavy atom. The lowest BCUT2D eigenvalue weighted by Crippen LogP contribution is -2.61. The van der Waals surface area contributed by atoms with Gasteiger partial charge < -0.3 is 35.0 Å². The molecule has 0 aromatic heterocycles. The summed E-state index contributed by atoms with van der Waals surface area (Å²) in [5.41, 5.74) is 0.484. The van der Waals surface area contributed by atoms with Gasteiger partial charge in [0, 0.05) is 0 Å². The maximum absolute atomic E-state index is 11.4. The molecule has 8 heteroatoms. The predicted octanol–water partition coefficient (Wildman–Crippen LogP) is 2.30. The van der Waals surface area contributed by atoms with Gasteiger partial charge in [-0.1, -0.05) is 13.8 Å². The molecular formula is C27H44O8. The Hall–Kier alpha value is -0.770. The number of carboxylic acids is 1. The molecule has 1 heterocycles. The Kier molecular flexibility index (Phi) is 6.80. The zero-order valence-electron chi connectivity index (χ0n) is 21.3. The Bertz CT molecular complexity index is 804. The zero-order chi connectivity index (χ0) is 25.3. The van der Waals surface area contributed by atoms with E-state index >= 15 is 0 Å². The third-order valence-electron chi connectivity index (χ3n) is 11.4. The topological polar surface area (TPSA) is 137 Å². The minimum atomic E-state index is -1.70. The number of aliphatic carboxylic acids is 1. The van der Waals surface area contributed by atoms with Crippen molar-refractivity contribution in [1.29, 1.82) is 0 Å². The smallest absolute Gasteiger partial charge is 0.335 e. The highest BCUT2D eigenvalue weighted by molar-refractivity contribution is 5.73. The van der Waals surface area contributed by atoms with Crippen LogP contribution in [0.1, 0.15) is 78.6 Å². The zero-order valence-corrected chi connectivity index (χ0v) is 21.3. The van der Waals surface area contributed by atoms with Gasteiger partial charge >= 0.3 is 5.97 Å². The lowest BCUT2D eigenvalue weighted by Gasteiger charge is -2.61. The van der Waals surface area contributed by atoms with Crippen molar-refractivity contribution in [2.75, 3.05) is 0 Å². The Morgan fingerprint density at radius 1 is 0.914 bits per heavy atom. The second-order valence-electron chi connectivity index (χ2n) is 12.9. The first-order valence-corrected chi connectivity index (χ1v) is 13.7. The Labute approximate surface area is 208 Å². The minimum Gasteiger partial charge on any atom is -0.479 e. The molecule has 1 aliphatic heterocycles. The minimum absolute atomic E-state index is 0.180. The molecule has 8 nitrogen and oxygen atoms in total. The number of fused-ring (bicyclic) bond motifs is 5. The van der Waals surface area contributed by atoms with E-state index in [0.29, 0.717) is 29.6 Å². The summed E-state index contributed by atoms with van der Waals surface area (Å²) in [5.74, 6) is 1.60. The average molecular weight is 497 g/mol. The molecule has 1 unspecified atom stereocenters. The number of carboxylic acid groups (broad SMARTS) is 1. The summed E-state index contributed by atoms with van der Waals surface area (Å²) in [6.07, 6.45) is 1.63. The highest BCUT2D eigenvalue weighted by atomic mass is 16.7. The van der Waals surface area contributed by atoms with Gasteiger partial charge in [0.15, 0.2) is 12.4 Å². The number of hydrogen-bond donors (Lipinski definition) is 5. The molecule has 5 N–H and O–H groups in total. The standard InChI is InChI=1S/C27H44O8/c1-13(28)17-6-7-18-16-5-4-14-12-15(8-10-26(14,2)19(16)9-11-27(17,18)3)34-25-22(31)20(29)21(30)23(35-25)24(32)33/h13-23,25,28-31H,4-12H2,1-3H3,(H,32,33)/t13-,14+,15+,16-,17+,18-,19-,20-,21-,22?,23-,25+,26-,27+/m0/s1. The fourth-order valence-corrected chi connectivity index (χ4v) is 9.53. The van der Waals surface area contributed by atoms with E-state index in [-0.39, 0.29) is 23.0 Å². The summed E-state index contributed by atoms with van der Waals surface area (Å²) >= 11 is 0. The Morgan fingerprint density at radius 2 is 1.60 bits per heavy atom. The molecule has 0 aromatic carbocycles. The monoisotopic (exact) mass is 496 g/mol. The lowest BCUT2D eigenvalue weighted by molar-refractivity contribution is -0.309. The van der Waals surface area contributed by atoms with Crippen LogP contribution in [0.15, 0.2) is 0 Å². The van der Waals surface area contributed by atoms with Crippen molar-refractivity contribution >= 4 is 5.97 Å². The lowest BCUT2D eigenvalue weighted by atomic mass is 9.44. The third kappa shape index (κ3) is 4.07. The van der Waals surface area contributed by atoms with E-state index in [2.05, 4.69) is 13.8 Å². The highest BCUT2D eigenvalue weighted by Crippen LogP contribution is 2.67. The van der Waals surface area contributed by atoms with E-state index in [4.69, 9.17) is 9.47 Å². The van der Waals surface area contributed by atoms with Gasteiger partial charge in [0.25, 0.3) is 0 Å². The summed E-state index contributed by atoms with van der Waals surface area (Å²) in [5, 5.41) is 50.2. The Balaban J connectivity index is 1.26. The molecule has 0 spiro atoms. The largest absolute Gasteiger partial charge is 0.479 e. The first-order valence-electron chi connectivity index (χ1n) is 13.7. The van der Waals surface area contributed by atoms with Gasteiger partial charge in [0.05, 0.1) is 12.2 Å². The maximum Gasteiger partial charge on any atom is 0.335 e. The van der Waals surface area contributed by atoms with Crippen molar-refractivity contribution in [1.82, 2.24) is 0 Å². The first kappa shape index (κ1) is 25.9. The summed E-state index contributed by atoms with van der Waals surface area (Å²) in [4.78, 5) is 11.4. The summed E-state index contributed by atoms with van der Waals surface area (Å²) in [6.45, 7) is 6.86. The van der Waals surface area contributed by atoms with Crippen molar-refractivity contribution in [3.8, 4) is 0 Å². The van der Waals surface area contributed by atoms with Crippen LogP contribution in [0, 0.1) is 40.4 Å². The maximum atomic E-state index is 11.4. The molecule has 0 aromatic rings. The molecule has 4 aliphatic carbocycles. The van der Waals surface area contributed by atoms with E-state index in [9.17, 15) is 30.3 Å². The van der Waals surface area contributed by atoms with Crippen molar-refractivity contribution in [2.45, 2.75) is 121 Å². The van der Waals surface area contributed by atoms with Gasteiger partial charge in [-0.3, -0.25) is 0 Å². The molecular weight excluding hydrogens is 452 g/mol. The van der Waals surface area contributed by atoms with Crippen LogP contribution in [0.2, 0.25) is 0 Å². The number of aliphatic hydroxyl groups is 4. The summed E-state index contributed by atoms with van der Waals surface area (Å²) in [6, 6.07) is 0. The molecule has 0 bridgehead atoms. The van der Waals surface area contributed by atoms with Crippen LogP contribution in [0.5, 0.6) is 0 Å². The number of rotatable bonds is 4. The molecule has 0 radical (unpaired) electrons. The number of aliphatic hydroxyl groups excluding tert-OH is 4. The van der Waals surface area contributed by atoms with Gasteiger partial charge in [0.2, 0.25) is 0 Å². The second kappa shape index (κ2) is 9.21. The van der Waals surface area contributed by atoms with E-state index in [0.717, 1.165) is 32.1 Å². The van der Waals surface area contributed by atoms with Crippen molar-refractivity contribution in [3.05, 3.63) is 0 Å². The highest BCUT2D eigenvalue weighted by Gasteiger charge is 2.61. The molecule has 14 atom stereocenters. The van der Waals surface area contributed by atoms with Crippen LogP contribution < -0.4 is 0 Å². The van der Waals surface area contributed by atoms with Gasteiger partial charge in [-0.2, -0.15) is 0 Å². The van der Waals surface area contributed by atoms with Crippen LogP contribution in [0.3, 0.4) is 0 Å². The van der Waals surface area contributed by atoms with E-state index in [1.165, 1.54) is 25.7 Å². The van der Waals surface area contributed by atoms with Crippen LogP contribution >= 0.6 is 0 Å². The third-order valence-corrected chi connectivity index (χ3v) is 11.4. The SMILES string of the molecule is C[C@H](O)[C@H]1CC[C@H]2[C@@H]3CC[C@@H]4C[C@H](O[C@@H]5O[C@H](C(=O)O)[C@@H](O)[C@H](O)C5O)CC[C@]4(C)[C@H]3CC[C@]12C. The van der Waals surface area contributed by atoms with E-state index < -0.39 is 36.7 Å². The fourth-order valence-electron chi connectivity index (χ4n) is 9.53. The molecule has 4 saturated carbocycles. The average Bonchev–Trinajstić information content (AvgIpc) is 3.17. The fraction of sp³-hybridized carbons (Fsp3) is 0.963. The summed E-state index contributed by atoms with van der Waals surface area (Å²) < 4.78 is 11.4. The van der Waals surface area contributed by atoms with Crippen LogP contribution in [0.25, 0.3) is 0 Å². The number of carbonyl (C=O) groups is 1. The van der Waals surface area contributed by atoms with Crippen molar-refractivity contribution in [3.63, 3.8) is 0 Å². The van der Waals surface area contributed by atoms with E-state index in [1.54, 1.807) is 0 Å². The second-order valence-corrected chi connectivity index (χ2v) is 12.9. The van der Waals surface area contributed by atoms with E-state index in [1.807, 2.05) is 6.92 Å². The van der Waals surface area contributed by atoms with Gasteiger partial charge in [-0.05, 0) is 105 Å². The van der Waals surface area contributed by atoms with Crippen LogP contribution in [0.4, 0.5) is 0 Å². The quantitative estimate of drug-likeness (QED) is 0.374.